The van der Waals surface area contributed by atoms with E-state index in [1.54, 1.807) is 0 Å². The lowest BCUT2D eigenvalue weighted by Crippen LogP contribution is -2.75. The minimum atomic E-state index is -3.23. The molecule has 0 N–H and O–H groups in total. The monoisotopic (exact) mass is 646 g/mol. The maximum atomic E-state index is 6.65. The van der Waals surface area contributed by atoms with Crippen LogP contribution in [-0.2, 0) is 37.0 Å². The molecule has 0 aliphatic heterocycles. The van der Waals surface area contributed by atoms with Gasteiger partial charge < -0.3 is 37.0 Å². The fourth-order valence-corrected chi connectivity index (χ4v) is 52.5. The summed E-state index contributed by atoms with van der Waals surface area (Å²) in [4.78, 5) is -0.375. The highest BCUT2D eigenvalue weighted by molar-refractivity contribution is 7.05. The maximum Gasteiger partial charge on any atom is 0.480 e. The summed E-state index contributed by atoms with van der Waals surface area (Å²) in [7, 11) is -17.2. The largest absolute Gasteiger partial charge is 0.480 e. The topological polar surface area (TPSA) is 83.1 Å². The summed E-state index contributed by atoms with van der Waals surface area (Å²) in [5.41, 5.74) is 0. The first-order valence-electron chi connectivity index (χ1n) is 11.7. The molecule has 0 spiro atoms. The second kappa shape index (κ2) is 18.5. The molecule has 31 heavy (non-hydrogen) atoms. The predicted molar refractivity (Wildman–Crippen MR) is 160 cm³/mol. The highest BCUT2D eigenvalue weighted by Gasteiger charge is 2.76. The van der Waals surface area contributed by atoms with Crippen molar-refractivity contribution in [2.45, 2.75) is 63.7 Å². The molecule has 21 heteroatoms. The first kappa shape index (κ1) is 33.2. The Morgan fingerprint density at radius 3 is 0.548 bits per heavy atom. The van der Waals surface area contributed by atoms with Gasteiger partial charge in [-0.3, -0.25) is 0 Å². The van der Waals surface area contributed by atoms with Gasteiger partial charge in [-0.05, 0) is 0 Å². The standard InChI is InChI=1S/C10H46O9Si12/c1-20-11-29(12-21-2,13-22-3)10(30(14-23-4,15-24-5)16-25-6)31(17-26-7,18-27-8)19-28-9/h10H,20-28H2,1-9H3. The lowest BCUT2D eigenvalue weighted by Gasteiger charge is -2.49. The first-order chi connectivity index (χ1) is 14.9. The van der Waals surface area contributed by atoms with Crippen LogP contribution in [0.3, 0.4) is 0 Å². The lowest BCUT2D eigenvalue weighted by atomic mass is 11.8. The fraction of sp³-hybridized carbons (Fsp3) is 1.00. The molecule has 0 aromatic rings. The van der Waals surface area contributed by atoms with E-state index in [-0.39, 0.29) is 4.79 Å². The van der Waals surface area contributed by atoms with Crippen molar-refractivity contribution in [2.75, 3.05) is 0 Å². The van der Waals surface area contributed by atoms with E-state index < -0.39 is 114 Å². The van der Waals surface area contributed by atoms with Crippen LogP contribution < -0.4 is 0 Å². The quantitative estimate of drug-likeness (QED) is 0.115. The van der Waals surface area contributed by atoms with E-state index in [9.17, 15) is 0 Å². The van der Waals surface area contributed by atoms with E-state index in [4.69, 9.17) is 37.0 Å². The number of rotatable bonds is 21. The van der Waals surface area contributed by atoms with E-state index in [0.717, 1.165) is 0 Å². The third-order valence-corrected chi connectivity index (χ3v) is 37.5. The van der Waals surface area contributed by atoms with Gasteiger partial charge in [0.1, 0.15) is 87.9 Å². The molecule has 0 bridgehead atoms. The summed E-state index contributed by atoms with van der Waals surface area (Å²) >= 11 is 0. The van der Waals surface area contributed by atoms with Crippen LogP contribution in [0.1, 0.15) is 0 Å². The van der Waals surface area contributed by atoms with Crippen molar-refractivity contribution in [3.8, 4) is 0 Å². The Morgan fingerprint density at radius 2 is 0.452 bits per heavy atom. The van der Waals surface area contributed by atoms with Crippen LogP contribution in [0, 0.1) is 0 Å². The molecule has 0 amide bonds. The van der Waals surface area contributed by atoms with E-state index in [2.05, 4.69) is 58.9 Å². The lowest BCUT2D eigenvalue weighted by molar-refractivity contribution is 0.206. The Labute approximate surface area is 214 Å². The molecule has 0 fully saturated rings. The predicted octanol–water partition coefficient (Wildman–Crippen LogP) is -4.41. The van der Waals surface area contributed by atoms with Gasteiger partial charge in [0.05, 0.1) is 0 Å². The highest BCUT2D eigenvalue weighted by atomic mass is 28.6. The van der Waals surface area contributed by atoms with Gasteiger partial charge in [0.25, 0.3) is 0 Å². The summed E-state index contributed by atoms with van der Waals surface area (Å²) in [6.45, 7) is 19.2. The Kier molecular flexibility index (Phi) is 19.8. The van der Waals surface area contributed by atoms with Crippen molar-refractivity contribution in [3.63, 3.8) is 0 Å². The van der Waals surface area contributed by atoms with Crippen LogP contribution in [0.2, 0.25) is 63.7 Å². The summed E-state index contributed by atoms with van der Waals surface area (Å²) in [5, 5.41) is 0. The summed E-state index contributed by atoms with van der Waals surface area (Å²) in [6, 6.07) is 0. The second-order valence-corrected chi connectivity index (χ2v) is 28.8. The minimum absolute atomic E-state index is 0.375. The first-order valence-corrected chi connectivity index (χ1v) is 35.0. The van der Waals surface area contributed by atoms with Crippen LogP contribution in [0.15, 0.2) is 0 Å². The average Bonchev–Trinajstić information content (AvgIpc) is 2.70. The molecule has 0 saturated heterocycles. The normalized spacial score (nSPS) is 22.4. The Hall–Kier alpha value is 2.24. The Bertz CT molecular complexity index is 342. The smallest absolute Gasteiger partial charge is 0.422 e. The molecule has 0 saturated carbocycles. The van der Waals surface area contributed by atoms with Gasteiger partial charge in [0.15, 0.2) is 4.79 Å². The molecule has 0 heterocycles. The van der Waals surface area contributed by atoms with Crippen molar-refractivity contribution in [1.29, 1.82) is 0 Å². The van der Waals surface area contributed by atoms with Crippen LogP contribution in [0.4, 0.5) is 0 Å². The number of hydrogen-bond donors (Lipinski definition) is 0. The zero-order valence-corrected chi connectivity index (χ0v) is 36.8. The van der Waals surface area contributed by atoms with Gasteiger partial charge in [-0.25, -0.2) is 0 Å². The van der Waals surface area contributed by atoms with Gasteiger partial charge in [-0.1, -0.05) is 58.9 Å². The highest BCUT2D eigenvalue weighted by Crippen LogP contribution is 2.44. The van der Waals surface area contributed by atoms with Crippen LogP contribution in [-0.4, -0.2) is 114 Å². The molecule has 0 aliphatic rings. The fourth-order valence-electron chi connectivity index (χ4n) is 3.59. The molecule has 0 aromatic carbocycles. The van der Waals surface area contributed by atoms with Crippen molar-refractivity contribution >= 4 is 114 Å². The van der Waals surface area contributed by atoms with E-state index >= 15 is 0 Å². The molecule has 0 radical (unpaired) electrons. The molecule has 0 atom stereocenters. The third kappa shape index (κ3) is 9.32. The van der Waals surface area contributed by atoms with Gasteiger partial charge in [0.2, 0.25) is 0 Å². The Balaban J connectivity index is 7.25. The van der Waals surface area contributed by atoms with Gasteiger partial charge >= 0.3 is 26.4 Å². The van der Waals surface area contributed by atoms with Crippen molar-refractivity contribution in [2.24, 2.45) is 0 Å². The molecule has 9 nitrogen and oxygen atoms in total. The molecule has 188 valence electrons. The Morgan fingerprint density at radius 1 is 0.323 bits per heavy atom. The second-order valence-electron chi connectivity index (χ2n) is 6.14. The molecule has 0 aliphatic carbocycles. The average molecular weight is 648 g/mol. The summed E-state index contributed by atoms with van der Waals surface area (Å²) < 4.78 is 59.8. The SMILES string of the molecule is C[SiH2]O[Si](O[SiH2]C)(O[SiH2]C)C([Si](O[SiH2]C)(O[SiH2]C)O[SiH2]C)[Si](O[SiH2]C)(O[SiH2]C)O[SiH2]C. The third-order valence-electron chi connectivity index (χ3n) is 4.17. The summed E-state index contributed by atoms with van der Waals surface area (Å²) in [5.74, 6) is 0. The van der Waals surface area contributed by atoms with Crippen molar-refractivity contribution in [3.05, 3.63) is 0 Å². The van der Waals surface area contributed by atoms with Crippen LogP contribution >= 0.6 is 0 Å². The molecule has 0 unspecified atom stereocenters. The zero-order chi connectivity index (χ0) is 23.8. The van der Waals surface area contributed by atoms with Crippen LogP contribution in [0.5, 0.6) is 0 Å². The molecule has 0 aromatic heterocycles. The summed E-state index contributed by atoms with van der Waals surface area (Å²) in [6.07, 6.45) is 0. The van der Waals surface area contributed by atoms with Gasteiger partial charge in [-0.2, -0.15) is 0 Å². The van der Waals surface area contributed by atoms with Gasteiger partial charge in [0, 0.05) is 0 Å². The molecular formula is C10H46O9Si12. The maximum absolute atomic E-state index is 6.65. The van der Waals surface area contributed by atoms with Crippen LogP contribution in [0.25, 0.3) is 0 Å². The molecule has 0 rings (SSSR count). The van der Waals surface area contributed by atoms with E-state index in [0.29, 0.717) is 0 Å². The molecular weight excluding hydrogens is 601 g/mol. The van der Waals surface area contributed by atoms with E-state index in [1.807, 2.05) is 0 Å². The van der Waals surface area contributed by atoms with Crippen molar-refractivity contribution in [1.82, 2.24) is 0 Å². The van der Waals surface area contributed by atoms with E-state index in [1.165, 1.54) is 0 Å². The van der Waals surface area contributed by atoms with Gasteiger partial charge in [-0.15, -0.1) is 0 Å². The zero-order valence-electron chi connectivity index (χ0n) is 21.1. The number of hydrogen-bond acceptors (Lipinski definition) is 9. The minimum Gasteiger partial charge on any atom is -0.422 e. The van der Waals surface area contributed by atoms with Crippen molar-refractivity contribution < 1.29 is 37.0 Å².